The molecule has 78 valence electrons. The molecule has 0 aromatic heterocycles. The number of nitrogens with one attached hydrogen (secondary N) is 1. The highest BCUT2D eigenvalue weighted by atomic mass is 16.2. The SMILES string of the molecule is CCCNC1CCN(C(C)=O)CC1.[HH]. The van der Waals surface area contributed by atoms with Crippen LogP contribution in [0.25, 0.3) is 0 Å². The van der Waals surface area contributed by atoms with E-state index in [1.54, 1.807) is 6.92 Å². The molecule has 1 aliphatic rings. The Bertz CT molecular complexity index is 168. The van der Waals surface area contributed by atoms with Crippen molar-refractivity contribution in [1.82, 2.24) is 10.2 Å². The molecule has 1 heterocycles. The van der Waals surface area contributed by atoms with Gasteiger partial charge in [0.15, 0.2) is 0 Å². The summed E-state index contributed by atoms with van der Waals surface area (Å²) < 4.78 is 0. The highest BCUT2D eigenvalue weighted by Crippen LogP contribution is 2.09. The van der Waals surface area contributed by atoms with Crippen molar-refractivity contribution >= 4 is 5.91 Å². The molecule has 0 radical (unpaired) electrons. The van der Waals surface area contributed by atoms with Gasteiger partial charge in [0.1, 0.15) is 0 Å². The van der Waals surface area contributed by atoms with E-state index in [4.69, 9.17) is 0 Å². The standard InChI is InChI=1S/C10H20N2O.H2/c1-3-6-11-10-4-7-12(8-5-10)9(2)13;/h10-11H,3-8H2,1-2H3;1H. The molecule has 1 aliphatic heterocycles. The first kappa shape index (κ1) is 10.5. The van der Waals surface area contributed by atoms with Gasteiger partial charge in [-0.1, -0.05) is 6.92 Å². The Balaban J connectivity index is 0.00000169. The van der Waals surface area contributed by atoms with Gasteiger partial charge in [0.25, 0.3) is 0 Å². The Labute approximate surface area is 82.0 Å². The summed E-state index contributed by atoms with van der Waals surface area (Å²) in [5.41, 5.74) is 0. The third-order valence-electron chi connectivity index (χ3n) is 2.62. The first-order valence-corrected chi connectivity index (χ1v) is 5.23. The third-order valence-corrected chi connectivity index (χ3v) is 2.62. The summed E-state index contributed by atoms with van der Waals surface area (Å²) in [6.45, 7) is 6.79. The molecule has 1 N–H and O–H groups in total. The zero-order valence-corrected chi connectivity index (χ0v) is 8.68. The predicted octanol–water partition coefficient (Wildman–Crippen LogP) is 1.24. The second kappa shape index (κ2) is 5.22. The molecular weight excluding hydrogens is 164 g/mol. The Kier molecular flexibility index (Phi) is 4.22. The fraction of sp³-hybridized carbons (Fsp3) is 0.900. The zero-order valence-electron chi connectivity index (χ0n) is 8.68. The minimum absolute atomic E-state index is 0. The van der Waals surface area contributed by atoms with Crippen molar-refractivity contribution in [3.8, 4) is 0 Å². The van der Waals surface area contributed by atoms with E-state index >= 15 is 0 Å². The van der Waals surface area contributed by atoms with Crippen LogP contribution in [0.5, 0.6) is 0 Å². The molecule has 0 aliphatic carbocycles. The van der Waals surface area contributed by atoms with E-state index < -0.39 is 0 Å². The fourth-order valence-electron chi connectivity index (χ4n) is 1.75. The molecule has 1 amide bonds. The van der Waals surface area contributed by atoms with Crippen molar-refractivity contribution in [2.24, 2.45) is 0 Å². The lowest BCUT2D eigenvalue weighted by Crippen LogP contribution is -2.44. The maximum Gasteiger partial charge on any atom is 0.219 e. The van der Waals surface area contributed by atoms with Crippen molar-refractivity contribution in [2.45, 2.75) is 39.2 Å². The number of hydrogen-bond acceptors (Lipinski definition) is 2. The lowest BCUT2D eigenvalue weighted by Gasteiger charge is -2.31. The molecule has 0 spiro atoms. The summed E-state index contributed by atoms with van der Waals surface area (Å²) >= 11 is 0. The second-order valence-corrected chi connectivity index (χ2v) is 3.73. The number of carbonyl (C=O) groups excluding carboxylic acids is 1. The van der Waals surface area contributed by atoms with Crippen LogP contribution in [0.15, 0.2) is 0 Å². The minimum atomic E-state index is 0. The zero-order chi connectivity index (χ0) is 9.68. The molecule has 3 heteroatoms. The Morgan fingerprint density at radius 2 is 2.15 bits per heavy atom. The molecule has 3 nitrogen and oxygen atoms in total. The number of piperidine rings is 1. The van der Waals surface area contributed by atoms with E-state index in [1.807, 2.05) is 4.90 Å². The third kappa shape index (κ3) is 3.35. The average Bonchev–Trinajstić information content (AvgIpc) is 2.15. The largest absolute Gasteiger partial charge is 0.343 e. The molecule has 0 atom stereocenters. The van der Waals surface area contributed by atoms with Gasteiger partial charge in [-0.15, -0.1) is 0 Å². The molecule has 0 unspecified atom stereocenters. The molecular formula is C10H22N2O. The Hall–Kier alpha value is -0.570. The van der Waals surface area contributed by atoms with Crippen molar-refractivity contribution in [3.63, 3.8) is 0 Å². The molecule has 1 fully saturated rings. The number of amides is 1. The Morgan fingerprint density at radius 3 is 2.62 bits per heavy atom. The first-order valence-electron chi connectivity index (χ1n) is 5.23. The molecule has 1 rings (SSSR count). The normalized spacial score (nSPS) is 19.1. The van der Waals surface area contributed by atoms with E-state index in [-0.39, 0.29) is 7.33 Å². The maximum atomic E-state index is 11.0. The lowest BCUT2D eigenvalue weighted by molar-refractivity contribution is -0.129. The van der Waals surface area contributed by atoms with Gasteiger partial charge < -0.3 is 10.2 Å². The predicted molar refractivity (Wildman–Crippen MR) is 55.7 cm³/mol. The van der Waals surface area contributed by atoms with Crippen molar-refractivity contribution < 1.29 is 6.22 Å². The minimum Gasteiger partial charge on any atom is -0.343 e. The topological polar surface area (TPSA) is 32.3 Å². The van der Waals surface area contributed by atoms with Crippen LogP contribution in [0.3, 0.4) is 0 Å². The van der Waals surface area contributed by atoms with Crippen LogP contribution in [0.2, 0.25) is 0 Å². The molecule has 0 saturated carbocycles. The van der Waals surface area contributed by atoms with Crippen LogP contribution in [0, 0.1) is 0 Å². The second-order valence-electron chi connectivity index (χ2n) is 3.73. The number of likely N-dealkylation sites (tertiary alicyclic amines) is 1. The summed E-state index contributed by atoms with van der Waals surface area (Å²) in [5, 5.41) is 3.49. The van der Waals surface area contributed by atoms with Gasteiger partial charge in [0, 0.05) is 27.5 Å². The van der Waals surface area contributed by atoms with Gasteiger partial charge in [0.2, 0.25) is 5.91 Å². The van der Waals surface area contributed by atoms with Crippen molar-refractivity contribution in [3.05, 3.63) is 0 Å². The fourth-order valence-corrected chi connectivity index (χ4v) is 1.75. The summed E-state index contributed by atoms with van der Waals surface area (Å²) in [6.07, 6.45) is 3.41. The average molecular weight is 186 g/mol. The number of carbonyl (C=O) groups is 1. The van der Waals surface area contributed by atoms with E-state index in [1.165, 1.54) is 6.42 Å². The Morgan fingerprint density at radius 1 is 1.54 bits per heavy atom. The van der Waals surface area contributed by atoms with Gasteiger partial charge in [-0.25, -0.2) is 0 Å². The molecule has 0 bridgehead atoms. The van der Waals surface area contributed by atoms with Crippen LogP contribution in [-0.4, -0.2) is 36.5 Å². The number of nitrogens with zero attached hydrogens (tertiary/aromatic N) is 1. The number of hydrogen-bond donors (Lipinski definition) is 1. The summed E-state index contributed by atoms with van der Waals surface area (Å²) in [5.74, 6) is 0.217. The quantitative estimate of drug-likeness (QED) is 0.719. The molecule has 1 saturated heterocycles. The van der Waals surface area contributed by atoms with Gasteiger partial charge in [-0.2, -0.15) is 0 Å². The van der Waals surface area contributed by atoms with Crippen LogP contribution in [-0.2, 0) is 4.79 Å². The van der Waals surface area contributed by atoms with E-state index in [9.17, 15) is 4.79 Å². The van der Waals surface area contributed by atoms with Gasteiger partial charge in [-0.05, 0) is 25.8 Å². The van der Waals surface area contributed by atoms with Gasteiger partial charge >= 0.3 is 0 Å². The summed E-state index contributed by atoms with van der Waals surface area (Å²) in [7, 11) is 0. The maximum absolute atomic E-state index is 11.0. The molecule has 13 heavy (non-hydrogen) atoms. The monoisotopic (exact) mass is 186 g/mol. The molecule has 0 aromatic carbocycles. The van der Waals surface area contributed by atoms with Crippen LogP contribution in [0.4, 0.5) is 0 Å². The summed E-state index contributed by atoms with van der Waals surface area (Å²) in [4.78, 5) is 13.0. The number of rotatable bonds is 3. The molecule has 0 aromatic rings. The van der Waals surface area contributed by atoms with E-state index in [0.717, 1.165) is 32.5 Å². The van der Waals surface area contributed by atoms with E-state index in [0.29, 0.717) is 6.04 Å². The van der Waals surface area contributed by atoms with Crippen LogP contribution in [0.1, 0.15) is 34.5 Å². The lowest BCUT2D eigenvalue weighted by atomic mass is 10.1. The smallest absolute Gasteiger partial charge is 0.219 e. The van der Waals surface area contributed by atoms with Crippen LogP contribution >= 0.6 is 0 Å². The van der Waals surface area contributed by atoms with E-state index in [2.05, 4.69) is 12.2 Å². The first-order chi connectivity index (χ1) is 6.24. The van der Waals surface area contributed by atoms with Gasteiger partial charge in [-0.3, -0.25) is 4.79 Å². The van der Waals surface area contributed by atoms with Gasteiger partial charge in [0.05, 0.1) is 0 Å². The van der Waals surface area contributed by atoms with Crippen LogP contribution < -0.4 is 5.32 Å². The van der Waals surface area contributed by atoms with Crippen molar-refractivity contribution in [1.29, 1.82) is 0 Å². The van der Waals surface area contributed by atoms with Crippen molar-refractivity contribution in [2.75, 3.05) is 19.6 Å². The summed E-state index contributed by atoms with van der Waals surface area (Å²) in [6, 6.07) is 0.635. The highest BCUT2D eigenvalue weighted by molar-refractivity contribution is 5.73. The highest BCUT2D eigenvalue weighted by Gasteiger charge is 2.19.